The van der Waals surface area contributed by atoms with Crippen molar-refractivity contribution in [2.45, 2.75) is 24.9 Å². The van der Waals surface area contributed by atoms with Gasteiger partial charge in [0.2, 0.25) is 0 Å². The molecule has 1 heterocycles. The summed E-state index contributed by atoms with van der Waals surface area (Å²) in [6.07, 6.45) is 0.456. The van der Waals surface area contributed by atoms with Crippen molar-refractivity contribution < 1.29 is 19.4 Å². The number of carbonyl (C=O) groups is 2. The van der Waals surface area contributed by atoms with Gasteiger partial charge in [-0.05, 0) is 53.3 Å². The zero-order chi connectivity index (χ0) is 22.8. The minimum Gasteiger partial charge on any atom is -0.448 e. The molecule has 3 aromatic carbocycles. The highest BCUT2D eigenvalue weighted by Crippen LogP contribution is 2.44. The second kappa shape index (κ2) is 9.08. The van der Waals surface area contributed by atoms with Crippen LogP contribution in [0, 0.1) is 0 Å². The summed E-state index contributed by atoms with van der Waals surface area (Å²) in [5.74, 6) is -0.161. The van der Waals surface area contributed by atoms with Crippen LogP contribution in [0.25, 0.3) is 11.1 Å². The number of carbonyl (C=O) groups excluding carboxylic acids is 2. The lowest BCUT2D eigenvalue weighted by molar-refractivity contribution is 0.0474. The van der Waals surface area contributed by atoms with Gasteiger partial charge in [0.15, 0.2) is 0 Å². The average Bonchev–Trinajstić information content (AvgIpc) is 3.16. The number of rotatable bonds is 4. The number of aliphatic hydroxyl groups is 1. The number of hydrogen-bond donors (Lipinski definition) is 2. The number of amides is 2. The molecule has 1 aliphatic carbocycles. The van der Waals surface area contributed by atoms with Crippen molar-refractivity contribution in [3.63, 3.8) is 0 Å². The Labute approximate surface area is 192 Å². The van der Waals surface area contributed by atoms with Crippen LogP contribution in [-0.2, 0) is 4.74 Å². The Balaban J connectivity index is 1.24. The van der Waals surface area contributed by atoms with E-state index in [0.29, 0.717) is 30.8 Å². The highest BCUT2D eigenvalue weighted by atomic mass is 16.5. The largest absolute Gasteiger partial charge is 0.448 e. The summed E-state index contributed by atoms with van der Waals surface area (Å²) in [5.41, 5.74) is 5.63. The van der Waals surface area contributed by atoms with Crippen LogP contribution in [0.3, 0.4) is 0 Å². The molecule has 2 amide bonds. The number of β-amino-alcohol motifs (C(OH)–C–C–N with tert-alkyl or cyclic N) is 1. The highest BCUT2D eigenvalue weighted by Gasteiger charge is 2.29. The third-order valence-corrected chi connectivity index (χ3v) is 6.38. The monoisotopic (exact) mass is 442 g/mol. The maximum Gasteiger partial charge on any atom is 0.411 e. The third kappa shape index (κ3) is 4.34. The molecule has 5 rings (SSSR count). The van der Waals surface area contributed by atoms with Gasteiger partial charge in [0.05, 0.1) is 6.10 Å². The van der Waals surface area contributed by atoms with E-state index in [0.717, 1.165) is 17.5 Å². The highest BCUT2D eigenvalue weighted by molar-refractivity contribution is 5.96. The molecule has 33 heavy (non-hydrogen) atoms. The van der Waals surface area contributed by atoms with Crippen LogP contribution >= 0.6 is 0 Å². The van der Waals surface area contributed by atoms with Crippen LogP contribution < -0.4 is 5.32 Å². The fourth-order valence-electron chi connectivity index (χ4n) is 4.80. The number of fused-ring (bicyclic) bond motifs is 3. The van der Waals surface area contributed by atoms with E-state index in [-0.39, 0.29) is 18.4 Å². The van der Waals surface area contributed by atoms with E-state index < -0.39 is 12.2 Å². The maximum absolute atomic E-state index is 12.8. The first-order chi connectivity index (χ1) is 16.1. The van der Waals surface area contributed by atoms with E-state index in [1.54, 1.807) is 29.2 Å². The lowest BCUT2D eigenvalue weighted by Crippen LogP contribution is -2.42. The quantitative estimate of drug-likeness (QED) is 0.617. The topological polar surface area (TPSA) is 78.9 Å². The van der Waals surface area contributed by atoms with Gasteiger partial charge < -0.3 is 14.7 Å². The Morgan fingerprint density at radius 3 is 2.36 bits per heavy atom. The summed E-state index contributed by atoms with van der Waals surface area (Å²) >= 11 is 0. The third-order valence-electron chi connectivity index (χ3n) is 6.38. The van der Waals surface area contributed by atoms with Crippen LogP contribution in [0.5, 0.6) is 0 Å². The first-order valence-corrected chi connectivity index (χ1v) is 11.3. The molecule has 2 N–H and O–H groups in total. The van der Waals surface area contributed by atoms with E-state index in [9.17, 15) is 14.7 Å². The molecule has 0 bridgehead atoms. The van der Waals surface area contributed by atoms with E-state index in [1.165, 1.54) is 11.1 Å². The van der Waals surface area contributed by atoms with Crippen LogP contribution in [0.15, 0.2) is 72.8 Å². The lowest BCUT2D eigenvalue weighted by Gasteiger charge is -2.30. The van der Waals surface area contributed by atoms with Crippen molar-refractivity contribution in [2.75, 3.05) is 25.0 Å². The van der Waals surface area contributed by atoms with Gasteiger partial charge in [0.25, 0.3) is 5.91 Å². The van der Waals surface area contributed by atoms with Crippen molar-refractivity contribution in [2.24, 2.45) is 0 Å². The molecule has 0 radical (unpaired) electrons. The fraction of sp³-hybridized carbons (Fsp3) is 0.259. The van der Waals surface area contributed by atoms with Gasteiger partial charge >= 0.3 is 6.09 Å². The first kappa shape index (κ1) is 21.2. The van der Waals surface area contributed by atoms with Gasteiger partial charge in [-0.1, -0.05) is 54.6 Å². The molecular weight excluding hydrogens is 416 g/mol. The summed E-state index contributed by atoms with van der Waals surface area (Å²) < 4.78 is 5.60. The summed E-state index contributed by atoms with van der Waals surface area (Å²) in [6, 6.07) is 23.2. The number of ether oxygens (including phenoxy) is 1. The molecule has 6 heteroatoms. The molecule has 1 aliphatic heterocycles. The Morgan fingerprint density at radius 1 is 0.970 bits per heavy atom. The normalized spacial score (nSPS) is 17.2. The number of likely N-dealkylation sites (tertiary alicyclic amines) is 1. The molecular formula is C27H26N2O4. The van der Waals surface area contributed by atoms with E-state index in [2.05, 4.69) is 29.6 Å². The first-order valence-electron chi connectivity index (χ1n) is 11.3. The van der Waals surface area contributed by atoms with Crippen molar-refractivity contribution >= 4 is 17.7 Å². The van der Waals surface area contributed by atoms with E-state index in [4.69, 9.17) is 4.74 Å². The molecule has 0 saturated carbocycles. The second-order valence-corrected chi connectivity index (χ2v) is 8.58. The van der Waals surface area contributed by atoms with Crippen molar-refractivity contribution in [3.05, 3.63) is 89.5 Å². The molecule has 1 atom stereocenters. The predicted octanol–water partition coefficient (Wildman–Crippen LogP) is 4.64. The lowest BCUT2D eigenvalue weighted by atomic mass is 9.98. The maximum atomic E-state index is 12.8. The molecule has 0 aromatic heterocycles. The number of benzene rings is 3. The SMILES string of the molecule is O=C(Nc1cccc(C(=O)N2CCCC(O)C2)c1)OCC1c2ccccc2-c2ccccc21. The molecule has 3 aromatic rings. The number of nitrogens with one attached hydrogen (secondary N) is 1. The van der Waals surface area contributed by atoms with Gasteiger partial charge in [-0.3, -0.25) is 10.1 Å². The standard InChI is InChI=1S/C27H26N2O4/c30-20-9-6-14-29(16-20)26(31)18-7-5-8-19(15-18)28-27(32)33-17-25-23-12-3-1-10-21(23)22-11-2-4-13-24(22)25/h1-5,7-8,10-13,15,20,25,30H,6,9,14,16-17H2,(H,28,32). The average molecular weight is 443 g/mol. The number of anilines is 1. The smallest absolute Gasteiger partial charge is 0.411 e. The van der Waals surface area contributed by atoms with Gasteiger partial charge in [-0.2, -0.15) is 0 Å². The zero-order valence-electron chi connectivity index (χ0n) is 18.2. The predicted molar refractivity (Wildman–Crippen MR) is 126 cm³/mol. The number of aliphatic hydroxyl groups excluding tert-OH is 1. The van der Waals surface area contributed by atoms with Gasteiger partial charge in [-0.25, -0.2) is 4.79 Å². The summed E-state index contributed by atoms with van der Waals surface area (Å²) in [4.78, 5) is 27.0. The summed E-state index contributed by atoms with van der Waals surface area (Å²) in [6.45, 7) is 1.19. The minimum atomic E-state index is -0.560. The van der Waals surface area contributed by atoms with Crippen molar-refractivity contribution in [1.29, 1.82) is 0 Å². The number of hydrogen-bond acceptors (Lipinski definition) is 4. The Hall–Kier alpha value is -3.64. The molecule has 2 aliphatic rings. The Morgan fingerprint density at radius 2 is 1.67 bits per heavy atom. The van der Waals surface area contributed by atoms with Crippen LogP contribution in [0.4, 0.5) is 10.5 Å². The Kier molecular flexibility index (Phi) is 5.84. The number of piperidine rings is 1. The van der Waals surface area contributed by atoms with Crippen LogP contribution in [0.1, 0.15) is 40.2 Å². The van der Waals surface area contributed by atoms with Gasteiger partial charge in [0.1, 0.15) is 6.61 Å². The van der Waals surface area contributed by atoms with Gasteiger partial charge in [-0.15, -0.1) is 0 Å². The van der Waals surface area contributed by atoms with Crippen LogP contribution in [-0.4, -0.2) is 47.8 Å². The number of nitrogens with zero attached hydrogens (tertiary/aromatic N) is 1. The molecule has 0 spiro atoms. The minimum absolute atomic E-state index is 0.0124. The molecule has 168 valence electrons. The van der Waals surface area contributed by atoms with Crippen molar-refractivity contribution in [1.82, 2.24) is 4.90 Å². The summed E-state index contributed by atoms with van der Waals surface area (Å²) in [7, 11) is 0. The van der Waals surface area contributed by atoms with Crippen LogP contribution in [0.2, 0.25) is 0 Å². The van der Waals surface area contributed by atoms with Crippen molar-refractivity contribution in [3.8, 4) is 11.1 Å². The van der Waals surface area contributed by atoms with E-state index >= 15 is 0 Å². The Bertz CT molecular complexity index is 1150. The molecule has 1 fully saturated rings. The summed E-state index contributed by atoms with van der Waals surface area (Å²) in [5, 5.41) is 12.6. The van der Waals surface area contributed by atoms with E-state index in [1.807, 2.05) is 24.3 Å². The fourth-order valence-corrected chi connectivity index (χ4v) is 4.80. The zero-order valence-corrected chi connectivity index (χ0v) is 18.2. The molecule has 1 unspecified atom stereocenters. The molecule has 6 nitrogen and oxygen atoms in total. The molecule has 1 saturated heterocycles. The second-order valence-electron chi connectivity index (χ2n) is 8.58. The van der Waals surface area contributed by atoms with Gasteiger partial charge in [0, 0.05) is 30.3 Å².